The maximum atomic E-state index is 12.7. The molecule has 0 fully saturated rings. The van der Waals surface area contributed by atoms with Crippen LogP contribution in [-0.4, -0.2) is 29.9 Å². The molecule has 4 aromatic rings. The van der Waals surface area contributed by atoms with Gasteiger partial charge in [0.05, 0.1) is 28.9 Å². The highest BCUT2D eigenvalue weighted by Gasteiger charge is 2.25. The molecule has 0 radical (unpaired) electrons. The quantitative estimate of drug-likeness (QED) is 0.510. The Labute approximate surface area is 183 Å². The Morgan fingerprint density at radius 1 is 1.03 bits per heavy atom. The highest BCUT2D eigenvalue weighted by Crippen LogP contribution is 2.32. The monoisotopic (exact) mass is 429 g/mol. The van der Waals surface area contributed by atoms with Crippen LogP contribution in [0.15, 0.2) is 72.8 Å². The molecule has 0 atom stereocenters. The van der Waals surface area contributed by atoms with Crippen LogP contribution in [0.4, 0.5) is 11.4 Å². The van der Waals surface area contributed by atoms with Crippen LogP contribution < -0.4 is 15.0 Å². The Hall–Kier alpha value is -3.71. The van der Waals surface area contributed by atoms with E-state index in [-0.39, 0.29) is 24.8 Å². The third kappa shape index (κ3) is 4.00. The van der Waals surface area contributed by atoms with E-state index in [1.807, 2.05) is 54.6 Å². The van der Waals surface area contributed by atoms with Gasteiger partial charge in [-0.3, -0.25) is 14.5 Å². The average Bonchev–Trinajstić information content (AvgIpc) is 3.16. The highest BCUT2D eigenvalue weighted by molar-refractivity contribution is 7.21. The molecule has 7 heteroatoms. The summed E-state index contributed by atoms with van der Waals surface area (Å²) in [6, 6.07) is 22.9. The largest absolute Gasteiger partial charge is 0.491 e. The molecule has 0 saturated carbocycles. The molecular formula is C24H19N3O3S. The second-order valence-corrected chi connectivity index (χ2v) is 8.19. The fourth-order valence-electron chi connectivity index (χ4n) is 3.53. The third-order valence-corrected chi connectivity index (χ3v) is 6.13. The van der Waals surface area contributed by atoms with E-state index in [0.29, 0.717) is 23.7 Å². The van der Waals surface area contributed by atoms with Gasteiger partial charge >= 0.3 is 0 Å². The average molecular weight is 430 g/mol. The zero-order valence-corrected chi connectivity index (χ0v) is 17.4. The Morgan fingerprint density at radius 2 is 1.81 bits per heavy atom. The number of benzene rings is 3. The van der Waals surface area contributed by atoms with Gasteiger partial charge in [-0.05, 0) is 48.5 Å². The van der Waals surface area contributed by atoms with Crippen LogP contribution in [-0.2, 0) is 9.59 Å². The van der Waals surface area contributed by atoms with Gasteiger partial charge in [-0.1, -0.05) is 24.3 Å². The maximum absolute atomic E-state index is 12.7. The Morgan fingerprint density at radius 3 is 2.65 bits per heavy atom. The van der Waals surface area contributed by atoms with E-state index >= 15 is 0 Å². The Kier molecular flexibility index (Phi) is 5.09. The number of rotatable bonds is 4. The molecule has 2 heterocycles. The summed E-state index contributed by atoms with van der Waals surface area (Å²) in [5.74, 6) is 0.213. The lowest BCUT2D eigenvalue weighted by atomic mass is 10.2. The molecule has 0 unspecified atom stereocenters. The zero-order chi connectivity index (χ0) is 21.2. The maximum Gasteiger partial charge on any atom is 0.244 e. The van der Waals surface area contributed by atoms with Gasteiger partial charge < -0.3 is 10.1 Å². The van der Waals surface area contributed by atoms with E-state index in [1.54, 1.807) is 23.5 Å². The predicted octanol–water partition coefficient (Wildman–Crippen LogP) is 4.72. The van der Waals surface area contributed by atoms with Crippen LogP contribution in [0.5, 0.6) is 5.75 Å². The van der Waals surface area contributed by atoms with Crippen molar-refractivity contribution in [3.8, 4) is 16.3 Å². The SMILES string of the molecule is O=C(CN1C(=O)CCOc2ccccc21)Nc1ccc(-c2nc3ccccc3s2)cc1. The fourth-order valence-corrected chi connectivity index (χ4v) is 4.50. The smallest absolute Gasteiger partial charge is 0.244 e. The number of aromatic nitrogens is 1. The number of anilines is 2. The number of hydrogen-bond donors (Lipinski definition) is 1. The molecule has 2 amide bonds. The molecule has 1 N–H and O–H groups in total. The Bertz CT molecular complexity index is 1230. The van der Waals surface area contributed by atoms with Gasteiger partial charge in [0, 0.05) is 11.3 Å². The van der Waals surface area contributed by atoms with E-state index < -0.39 is 0 Å². The predicted molar refractivity (Wildman–Crippen MR) is 123 cm³/mol. The lowest BCUT2D eigenvalue weighted by molar-refractivity contribution is -0.121. The van der Waals surface area contributed by atoms with E-state index in [4.69, 9.17) is 4.74 Å². The minimum absolute atomic E-state index is 0.0706. The van der Waals surface area contributed by atoms with Crippen molar-refractivity contribution in [2.24, 2.45) is 0 Å². The summed E-state index contributed by atoms with van der Waals surface area (Å²) in [4.78, 5) is 31.3. The molecule has 1 aliphatic heterocycles. The van der Waals surface area contributed by atoms with E-state index in [9.17, 15) is 9.59 Å². The number of hydrogen-bond acceptors (Lipinski definition) is 5. The molecule has 1 aliphatic rings. The summed E-state index contributed by atoms with van der Waals surface area (Å²) in [7, 11) is 0. The second kappa shape index (κ2) is 8.20. The number of carbonyl (C=O) groups excluding carboxylic acids is 2. The van der Waals surface area contributed by atoms with Crippen molar-refractivity contribution in [2.45, 2.75) is 6.42 Å². The van der Waals surface area contributed by atoms with Gasteiger partial charge in [0.1, 0.15) is 17.3 Å². The lowest BCUT2D eigenvalue weighted by Crippen LogP contribution is -2.37. The Balaban J connectivity index is 1.30. The second-order valence-electron chi connectivity index (χ2n) is 7.16. The first-order valence-electron chi connectivity index (χ1n) is 9.95. The molecule has 1 aromatic heterocycles. The van der Waals surface area contributed by atoms with E-state index in [1.165, 1.54) is 4.90 Å². The van der Waals surface area contributed by atoms with Crippen molar-refractivity contribution in [2.75, 3.05) is 23.4 Å². The standard InChI is InChI=1S/C24H19N3O3S/c28-22(15-27-19-6-2-3-7-20(19)30-14-13-23(27)29)25-17-11-9-16(10-12-17)24-26-18-5-1-4-8-21(18)31-24/h1-12H,13-15H2,(H,25,28). The molecule has 3 aromatic carbocycles. The number of para-hydroxylation sites is 3. The van der Waals surface area contributed by atoms with Gasteiger partial charge in [0.2, 0.25) is 11.8 Å². The van der Waals surface area contributed by atoms with Crippen LogP contribution in [0.3, 0.4) is 0 Å². The van der Waals surface area contributed by atoms with Crippen molar-refractivity contribution in [1.29, 1.82) is 0 Å². The van der Waals surface area contributed by atoms with Gasteiger partial charge in [-0.25, -0.2) is 4.98 Å². The summed E-state index contributed by atoms with van der Waals surface area (Å²) in [6.45, 7) is 0.236. The number of carbonyl (C=O) groups is 2. The van der Waals surface area contributed by atoms with Crippen molar-refractivity contribution in [3.05, 3.63) is 72.8 Å². The summed E-state index contributed by atoms with van der Waals surface area (Å²) in [5.41, 5.74) is 3.26. The molecule has 0 bridgehead atoms. The van der Waals surface area contributed by atoms with Crippen molar-refractivity contribution in [3.63, 3.8) is 0 Å². The summed E-state index contributed by atoms with van der Waals surface area (Å²) >= 11 is 1.63. The van der Waals surface area contributed by atoms with Gasteiger partial charge in [-0.15, -0.1) is 11.3 Å². The normalized spacial score (nSPS) is 13.4. The van der Waals surface area contributed by atoms with Crippen molar-refractivity contribution in [1.82, 2.24) is 4.98 Å². The van der Waals surface area contributed by atoms with Crippen LogP contribution in [0, 0.1) is 0 Å². The third-order valence-electron chi connectivity index (χ3n) is 5.04. The van der Waals surface area contributed by atoms with Crippen LogP contribution in [0.1, 0.15) is 6.42 Å². The minimum atomic E-state index is -0.266. The molecule has 0 spiro atoms. The van der Waals surface area contributed by atoms with Gasteiger partial charge in [0.25, 0.3) is 0 Å². The minimum Gasteiger partial charge on any atom is -0.491 e. The van der Waals surface area contributed by atoms with Crippen molar-refractivity contribution >= 4 is 44.7 Å². The zero-order valence-electron chi connectivity index (χ0n) is 16.6. The summed E-state index contributed by atoms with van der Waals surface area (Å²) in [5, 5.41) is 3.81. The first-order valence-corrected chi connectivity index (χ1v) is 10.8. The molecular weight excluding hydrogens is 410 g/mol. The molecule has 0 aliphatic carbocycles. The topological polar surface area (TPSA) is 71.5 Å². The van der Waals surface area contributed by atoms with Crippen molar-refractivity contribution < 1.29 is 14.3 Å². The fraction of sp³-hybridized carbons (Fsp3) is 0.125. The van der Waals surface area contributed by atoms with Crippen LogP contribution >= 0.6 is 11.3 Å². The molecule has 0 saturated heterocycles. The van der Waals surface area contributed by atoms with E-state index in [2.05, 4.69) is 16.4 Å². The number of nitrogens with one attached hydrogen (secondary N) is 1. The van der Waals surface area contributed by atoms with Crippen LogP contribution in [0.25, 0.3) is 20.8 Å². The van der Waals surface area contributed by atoms with Crippen LogP contribution in [0.2, 0.25) is 0 Å². The first-order chi connectivity index (χ1) is 15.2. The molecule has 31 heavy (non-hydrogen) atoms. The number of thiazole rings is 1. The molecule has 154 valence electrons. The number of fused-ring (bicyclic) bond motifs is 2. The lowest BCUT2D eigenvalue weighted by Gasteiger charge is -2.21. The summed E-state index contributed by atoms with van der Waals surface area (Å²) in [6.07, 6.45) is 0.235. The summed E-state index contributed by atoms with van der Waals surface area (Å²) < 4.78 is 6.77. The van der Waals surface area contributed by atoms with E-state index in [0.717, 1.165) is 20.8 Å². The first kappa shape index (κ1) is 19.3. The molecule has 6 nitrogen and oxygen atoms in total. The number of amides is 2. The molecule has 5 rings (SSSR count). The number of ether oxygens (including phenoxy) is 1. The van der Waals surface area contributed by atoms with Gasteiger partial charge in [-0.2, -0.15) is 0 Å². The highest BCUT2D eigenvalue weighted by atomic mass is 32.1. The van der Waals surface area contributed by atoms with Gasteiger partial charge in [0.15, 0.2) is 0 Å². The number of nitrogens with zero attached hydrogens (tertiary/aromatic N) is 2.